The number of anilines is 1. The molecule has 4 N–H and O–H groups in total. The Morgan fingerprint density at radius 3 is 2.67 bits per heavy atom. The summed E-state index contributed by atoms with van der Waals surface area (Å²) in [6, 6.07) is 15.7. The summed E-state index contributed by atoms with van der Waals surface area (Å²) in [7, 11) is 0. The number of H-pyrrole nitrogens is 1. The van der Waals surface area contributed by atoms with Crippen molar-refractivity contribution in [2.24, 2.45) is 0 Å². The maximum absolute atomic E-state index is 9.43. The Morgan fingerprint density at radius 1 is 1.10 bits per heavy atom. The highest BCUT2D eigenvalue weighted by molar-refractivity contribution is 5.90. The molecule has 3 rings (SSSR count). The van der Waals surface area contributed by atoms with Crippen LogP contribution in [0, 0.1) is 0 Å². The molecule has 5 heteroatoms. The lowest BCUT2D eigenvalue weighted by atomic mass is 10.2. The van der Waals surface area contributed by atoms with Crippen LogP contribution in [0.1, 0.15) is 0 Å². The van der Waals surface area contributed by atoms with Crippen molar-refractivity contribution >= 4 is 16.7 Å². The van der Waals surface area contributed by atoms with Gasteiger partial charge in [-0.2, -0.15) is 0 Å². The molecule has 0 saturated carbocycles. The van der Waals surface area contributed by atoms with Crippen molar-refractivity contribution in [2.75, 3.05) is 18.5 Å². The van der Waals surface area contributed by atoms with Crippen LogP contribution in [-0.4, -0.2) is 39.4 Å². The average molecular weight is 283 g/mol. The van der Waals surface area contributed by atoms with Crippen LogP contribution in [0.15, 0.2) is 48.5 Å². The maximum Gasteiger partial charge on any atom is 0.138 e. The van der Waals surface area contributed by atoms with Crippen molar-refractivity contribution in [1.82, 2.24) is 9.97 Å². The zero-order chi connectivity index (χ0) is 14.7. The summed E-state index contributed by atoms with van der Waals surface area (Å²) in [5.41, 5.74) is 3.60. The number of hydrogen-bond acceptors (Lipinski definition) is 4. The molecule has 1 unspecified atom stereocenters. The highest BCUT2D eigenvalue weighted by Crippen LogP contribution is 2.25. The number of nitrogens with zero attached hydrogens (tertiary/aromatic N) is 1. The summed E-state index contributed by atoms with van der Waals surface area (Å²) in [4.78, 5) is 7.92. The molecule has 0 fully saturated rings. The fourth-order valence-corrected chi connectivity index (χ4v) is 2.20. The normalized spacial score (nSPS) is 12.5. The summed E-state index contributed by atoms with van der Waals surface area (Å²) in [5.74, 6) is 0.808. The van der Waals surface area contributed by atoms with Crippen molar-refractivity contribution in [2.45, 2.75) is 6.10 Å². The van der Waals surface area contributed by atoms with Gasteiger partial charge in [-0.1, -0.05) is 36.4 Å². The van der Waals surface area contributed by atoms with Crippen LogP contribution < -0.4 is 5.32 Å². The Kier molecular flexibility index (Phi) is 3.85. The van der Waals surface area contributed by atoms with Gasteiger partial charge in [-0.15, -0.1) is 0 Å². The molecule has 3 aromatic rings. The summed E-state index contributed by atoms with van der Waals surface area (Å²) in [6.07, 6.45) is -0.784. The Balaban J connectivity index is 1.94. The van der Waals surface area contributed by atoms with Crippen molar-refractivity contribution in [3.63, 3.8) is 0 Å². The SMILES string of the molecule is OCC(O)CNc1cccc2[nH]c(-c3ccccc3)nc12. The Hall–Kier alpha value is -2.37. The Morgan fingerprint density at radius 2 is 1.90 bits per heavy atom. The molecule has 0 spiro atoms. The molecule has 0 aliphatic heterocycles. The van der Waals surface area contributed by atoms with Gasteiger partial charge < -0.3 is 20.5 Å². The number of rotatable bonds is 5. The Bertz CT molecular complexity index is 725. The monoisotopic (exact) mass is 283 g/mol. The lowest BCUT2D eigenvalue weighted by molar-refractivity contribution is 0.105. The molecule has 1 aromatic heterocycles. The Labute approximate surface area is 122 Å². The van der Waals surface area contributed by atoms with E-state index in [9.17, 15) is 5.11 Å². The van der Waals surface area contributed by atoms with Gasteiger partial charge in [0.1, 0.15) is 11.3 Å². The van der Waals surface area contributed by atoms with Crippen LogP contribution >= 0.6 is 0 Å². The third kappa shape index (κ3) is 2.89. The van der Waals surface area contributed by atoms with Gasteiger partial charge in [0.2, 0.25) is 0 Å². The highest BCUT2D eigenvalue weighted by Gasteiger charge is 2.09. The minimum atomic E-state index is -0.784. The molecular formula is C16H17N3O2. The maximum atomic E-state index is 9.43. The smallest absolute Gasteiger partial charge is 0.138 e. The van der Waals surface area contributed by atoms with Crippen molar-refractivity contribution in [3.8, 4) is 11.4 Å². The first-order chi connectivity index (χ1) is 10.3. The first kappa shape index (κ1) is 13.6. The number of aliphatic hydroxyl groups excluding tert-OH is 2. The number of para-hydroxylation sites is 1. The molecule has 5 nitrogen and oxygen atoms in total. The lowest BCUT2D eigenvalue weighted by Gasteiger charge is -2.10. The third-order valence-corrected chi connectivity index (χ3v) is 3.30. The standard InChI is InChI=1S/C16H17N3O2/c20-10-12(21)9-17-13-7-4-8-14-15(13)19-16(18-14)11-5-2-1-3-6-11/h1-8,12,17,20-21H,9-10H2,(H,18,19). The molecule has 0 radical (unpaired) electrons. The predicted molar refractivity (Wildman–Crippen MR) is 83.1 cm³/mol. The van der Waals surface area contributed by atoms with Gasteiger partial charge in [0.15, 0.2) is 0 Å². The van der Waals surface area contributed by atoms with Gasteiger partial charge >= 0.3 is 0 Å². The predicted octanol–water partition coefficient (Wildman–Crippen LogP) is 1.99. The first-order valence-electron chi connectivity index (χ1n) is 6.85. The van der Waals surface area contributed by atoms with Gasteiger partial charge in [0.05, 0.1) is 23.9 Å². The number of fused-ring (bicyclic) bond motifs is 1. The molecule has 0 aliphatic rings. The van der Waals surface area contributed by atoms with Gasteiger partial charge in [-0.3, -0.25) is 0 Å². The number of imidazole rings is 1. The average Bonchev–Trinajstić information content (AvgIpc) is 2.98. The number of benzene rings is 2. The molecule has 108 valence electrons. The fraction of sp³-hybridized carbons (Fsp3) is 0.188. The van der Waals surface area contributed by atoms with E-state index in [4.69, 9.17) is 5.11 Å². The summed E-state index contributed by atoms with van der Waals surface area (Å²) in [5, 5.41) is 21.4. The van der Waals surface area contributed by atoms with Crippen molar-refractivity contribution in [3.05, 3.63) is 48.5 Å². The molecule has 21 heavy (non-hydrogen) atoms. The lowest BCUT2D eigenvalue weighted by Crippen LogP contribution is -2.23. The van der Waals surface area contributed by atoms with Crippen LogP contribution in [-0.2, 0) is 0 Å². The second-order valence-electron chi connectivity index (χ2n) is 4.87. The van der Waals surface area contributed by atoms with E-state index in [1.54, 1.807) is 0 Å². The van der Waals surface area contributed by atoms with E-state index in [-0.39, 0.29) is 13.2 Å². The number of aromatic nitrogens is 2. The van der Waals surface area contributed by atoms with Crippen LogP contribution in [0.5, 0.6) is 0 Å². The fourth-order valence-electron chi connectivity index (χ4n) is 2.20. The second-order valence-corrected chi connectivity index (χ2v) is 4.87. The van der Waals surface area contributed by atoms with E-state index >= 15 is 0 Å². The minimum Gasteiger partial charge on any atom is -0.394 e. The van der Waals surface area contributed by atoms with Gasteiger partial charge in [-0.05, 0) is 12.1 Å². The zero-order valence-corrected chi connectivity index (χ0v) is 11.5. The van der Waals surface area contributed by atoms with Crippen molar-refractivity contribution < 1.29 is 10.2 Å². The quantitative estimate of drug-likeness (QED) is 0.577. The van der Waals surface area contributed by atoms with Crippen LogP contribution in [0.3, 0.4) is 0 Å². The largest absolute Gasteiger partial charge is 0.394 e. The van der Waals surface area contributed by atoms with E-state index in [0.29, 0.717) is 0 Å². The molecule has 0 bridgehead atoms. The first-order valence-corrected chi connectivity index (χ1v) is 6.85. The minimum absolute atomic E-state index is 0.265. The van der Waals surface area contributed by atoms with Crippen LogP contribution in [0.2, 0.25) is 0 Å². The second kappa shape index (κ2) is 5.95. The van der Waals surface area contributed by atoms with E-state index in [2.05, 4.69) is 15.3 Å². The number of aromatic amines is 1. The molecule has 0 saturated heterocycles. The summed E-state index contributed by atoms with van der Waals surface area (Å²) >= 11 is 0. The molecule has 1 heterocycles. The van der Waals surface area contributed by atoms with Gasteiger partial charge in [0, 0.05) is 12.1 Å². The van der Waals surface area contributed by atoms with E-state index in [0.717, 1.165) is 28.1 Å². The summed E-state index contributed by atoms with van der Waals surface area (Å²) in [6.45, 7) is 0.0158. The molecular weight excluding hydrogens is 266 g/mol. The highest BCUT2D eigenvalue weighted by atomic mass is 16.3. The van der Waals surface area contributed by atoms with Gasteiger partial charge in [-0.25, -0.2) is 4.98 Å². The van der Waals surface area contributed by atoms with Crippen LogP contribution in [0.4, 0.5) is 5.69 Å². The van der Waals surface area contributed by atoms with Crippen molar-refractivity contribution in [1.29, 1.82) is 0 Å². The number of aliphatic hydroxyl groups is 2. The molecule has 0 aliphatic carbocycles. The van der Waals surface area contributed by atoms with E-state index in [1.165, 1.54) is 0 Å². The third-order valence-electron chi connectivity index (χ3n) is 3.30. The van der Waals surface area contributed by atoms with Gasteiger partial charge in [0.25, 0.3) is 0 Å². The van der Waals surface area contributed by atoms with Crippen LogP contribution in [0.25, 0.3) is 22.4 Å². The summed E-state index contributed by atoms with van der Waals surface area (Å²) < 4.78 is 0. The topological polar surface area (TPSA) is 81.2 Å². The van der Waals surface area contributed by atoms with E-state index < -0.39 is 6.10 Å². The molecule has 2 aromatic carbocycles. The number of nitrogens with one attached hydrogen (secondary N) is 2. The van der Waals surface area contributed by atoms with E-state index in [1.807, 2.05) is 48.5 Å². The zero-order valence-electron chi connectivity index (χ0n) is 11.5. The molecule has 0 amide bonds. The number of hydrogen-bond donors (Lipinski definition) is 4. The molecule has 1 atom stereocenters.